The lowest BCUT2D eigenvalue weighted by Crippen LogP contribution is -2.48. The van der Waals surface area contributed by atoms with Crippen molar-refractivity contribution in [1.82, 2.24) is 5.32 Å². The van der Waals surface area contributed by atoms with Crippen molar-refractivity contribution >= 4 is 22.2 Å². The second-order valence-corrected chi connectivity index (χ2v) is 8.36. The number of hydrogen-bond acceptors (Lipinski definition) is 4. The molecule has 2 aromatic carbocycles. The molecule has 146 valence electrons. The van der Waals surface area contributed by atoms with Crippen LogP contribution in [0.15, 0.2) is 48.6 Å². The van der Waals surface area contributed by atoms with Crippen molar-refractivity contribution in [2.24, 2.45) is 0 Å². The van der Waals surface area contributed by atoms with Crippen LogP contribution in [0.2, 0.25) is 0 Å². The van der Waals surface area contributed by atoms with Gasteiger partial charge in [0.25, 0.3) is 0 Å². The van der Waals surface area contributed by atoms with Crippen LogP contribution in [-0.2, 0) is 10.2 Å². The summed E-state index contributed by atoms with van der Waals surface area (Å²) in [5, 5.41) is 25.6. The fourth-order valence-corrected chi connectivity index (χ4v) is 5.01. The number of aliphatic hydroxyl groups is 1. The van der Waals surface area contributed by atoms with Crippen LogP contribution in [0.5, 0.6) is 0 Å². The maximum absolute atomic E-state index is 10.8. The second kappa shape index (κ2) is 6.57. The van der Waals surface area contributed by atoms with E-state index in [0.717, 1.165) is 38.7 Å². The second-order valence-electron chi connectivity index (χ2n) is 8.36. The number of methoxy groups -OCH3 is 1. The van der Waals surface area contributed by atoms with Crippen molar-refractivity contribution in [3.63, 3.8) is 0 Å². The highest BCUT2D eigenvalue weighted by molar-refractivity contribution is 6.16. The van der Waals surface area contributed by atoms with E-state index in [1.54, 1.807) is 7.11 Å². The summed E-state index contributed by atoms with van der Waals surface area (Å²) in [6, 6.07) is 10.5. The molecule has 0 spiro atoms. The summed E-state index contributed by atoms with van der Waals surface area (Å²) < 4.78 is 5.38. The standard InChI is InChI=1S/C24H28N2O2/c1-6-9-17-18(23(27)28-5)16-12-14-10-7-8-11-15(14)20-19(16)21(26-17)13(2)22(25)24(20,3)4/h6-8,10-12,17-18,23,25-27H,1,9H2,2-5H3. The van der Waals surface area contributed by atoms with Gasteiger partial charge in [-0.3, -0.25) is 0 Å². The van der Waals surface area contributed by atoms with E-state index in [-0.39, 0.29) is 12.0 Å². The minimum Gasteiger partial charge on any atom is -0.380 e. The van der Waals surface area contributed by atoms with Gasteiger partial charge in [0.1, 0.15) is 0 Å². The van der Waals surface area contributed by atoms with Crippen LogP contribution in [0.4, 0.5) is 0 Å². The molecule has 1 aliphatic heterocycles. The number of fused-ring (bicyclic) bond motifs is 2. The molecule has 28 heavy (non-hydrogen) atoms. The third-order valence-corrected chi connectivity index (χ3v) is 6.42. The van der Waals surface area contributed by atoms with Crippen LogP contribution in [-0.4, -0.2) is 30.3 Å². The van der Waals surface area contributed by atoms with Gasteiger partial charge in [-0.25, -0.2) is 0 Å². The maximum Gasteiger partial charge on any atom is 0.163 e. The normalized spacial score (nSPS) is 24.0. The molecule has 2 aliphatic rings. The first kappa shape index (κ1) is 18.9. The molecule has 0 aromatic heterocycles. The van der Waals surface area contributed by atoms with Crippen LogP contribution in [0, 0.1) is 5.41 Å². The Morgan fingerprint density at radius 3 is 2.75 bits per heavy atom. The maximum atomic E-state index is 10.8. The molecule has 0 amide bonds. The lowest BCUT2D eigenvalue weighted by atomic mass is 9.64. The molecule has 3 unspecified atom stereocenters. The highest BCUT2D eigenvalue weighted by Gasteiger charge is 2.45. The summed E-state index contributed by atoms with van der Waals surface area (Å²) >= 11 is 0. The van der Waals surface area contributed by atoms with Crippen molar-refractivity contribution in [3.8, 4) is 0 Å². The first-order valence-corrected chi connectivity index (χ1v) is 9.78. The Morgan fingerprint density at radius 2 is 2.07 bits per heavy atom. The smallest absolute Gasteiger partial charge is 0.163 e. The zero-order valence-electron chi connectivity index (χ0n) is 17.0. The molecule has 4 nitrogen and oxygen atoms in total. The predicted molar refractivity (Wildman–Crippen MR) is 115 cm³/mol. The Balaban J connectivity index is 2.15. The van der Waals surface area contributed by atoms with Gasteiger partial charge in [-0.05, 0) is 46.9 Å². The van der Waals surface area contributed by atoms with Crippen molar-refractivity contribution in [3.05, 3.63) is 65.3 Å². The molecular formula is C24H28N2O2. The molecule has 2 aromatic rings. The minimum absolute atomic E-state index is 0.0482. The monoisotopic (exact) mass is 376 g/mol. The van der Waals surface area contributed by atoms with Crippen molar-refractivity contribution in [1.29, 1.82) is 5.41 Å². The summed E-state index contributed by atoms with van der Waals surface area (Å²) in [7, 11) is 1.54. The molecule has 0 bridgehead atoms. The molecular weight excluding hydrogens is 348 g/mol. The van der Waals surface area contributed by atoms with Gasteiger partial charge in [0.05, 0.1) is 5.92 Å². The fourth-order valence-electron chi connectivity index (χ4n) is 5.01. The molecule has 1 heterocycles. The van der Waals surface area contributed by atoms with Crippen molar-refractivity contribution < 1.29 is 9.84 Å². The van der Waals surface area contributed by atoms with Gasteiger partial charge < -0.3 is 20.6 Å². The topological polar surface area (TPSA) is 65.3 Å². The molecule has 4 heteroatoms. The van der Waals surface area contributed by atoms with E-state index in [1.165, 1.54) is 0 Å². The molecule has 4 rings (SSSR count). The summed E-state index contributed by atoms with van der Waals surface area (Å²) in [6.07, 6.45) is 1.64. The Kier molecular flexibility index (Phi) is 4.44. The highest BCUT2D eigenvalue weighted by atomic mass is 16.6. The number of rotatable bonds is 4. The lowest BCUT2D eigenvalue weighted by molar-refractivity contribution is -0.0978. The van der Waals surface area contributed by atoms with Gasteiger partial charge in [0, 0.05) is 35.5 Å². The van der Waals surface area contributed by atoms with E-state index >= 15 is 0 Å². The summed E-state index contributed by atoms with van der Waals surface area (Å²) in [5.41, 5.74) is 5.55. The van der Waals surface area contributed by atoms with E-state index in [1.807, 2.05) is 25.1 Å². The van der Waals surface area contributed by atoms with E-state index < -0.39 is 11.7 Å². The minimum atomic E-state index is -0.922. The Morgan fingerprint density at radius 1 is 1.36 bits per heavy atom. The van der Waals surface area contributed by atoms with E-state index in [9.17, 15) is 5.11 Å². The van der Waals surface area contributed by atoms with E-state index in [4.69, 9.17) is 10.1 Å². The molecule has 0 saturated heterocycles. The molecule has 3 N–H and O–H groups in total. The van der Waals surface area contributed by atoms with Crippen LogP contribution in [0.3, 0.4) is 0 Å². The third kappa shape index (κ3) is 2.48. The van der Waals surface area contributed by atoms with Gasteiger partial charge in [0.15, 0.2) is 6.29 Å². The van der Waals surface area contributed by atoms with Crippen LogP contribution in [0.1, 0.15) is 49.8 Å². The summed E-state index contributed by atoms with van der Waals surface area (Å²) in [4.78, 5) is 0. The fraction of sp³-hybridized carbons (Fsp3) is 0.375. The van der Waals surface area contributed by atoms with Gasteiger partial charge in [0.2, 0.25) is 0 Å². The first-order valence-electron chi connectivity index (χ1n) is 9.78. The molecule has 0 radical (unpaired) electrons. The quantitative estimate of drug-likeness (QED) is 0.544. The van der Waals surface area contributed by atoms with Crippen LogP contribution in [0.25, 0.3) is 16.5 Å². The summed E-state index contributed by atoms with van der Waals surface area (Å²) in [6.45, 7) is 10.2. The van der Waals surface area contributed by atoms with E-state index in [2.05, 4.69) is 43.9 Å². The highest BCUT2D eigenvalue weighted by Crippen LogP contribution is 2.50. The number of hydrogen-bond donors (Lipinski definition) is 3. The number of benzene rings is 2. The molecule has 0 saturated carbocycles. The third-order valence-electron chi connectivity index (χ3n) is 6.42. The summed E-state index contributed by atoms with van der Waals surface area (Å²) in [5.74, 6) is -0.221. The predicted octanol–water partition coefficient (Wildman–Crippen LogP) is 4.48. The average Bonchev–Trinajstić information content (AvgIpc) is 2.69. The van der Waals surface area contributed by atoms with E-state index in [0.29, 0.717) is 12.1 Å². The lowest BCUT2D eigenvalue weighted by Gasteiger charge is -2.45. The number of aliphatic hydroxyl groups excluding tert-OH is 1. The van der Waals surface area contributed by atoms with Crippen LogP contribution >= 0.6 is 0 Å². The number of nitrogens with one attached hydrogen (secondary N) is 2. The van der Waals surface area contributed by atoms with Crippen molar-refractivity contribution in [2.75, 3.05) is 7.11 Å². The molecule has 0 fully saturated rings. The Labute approximate surface area is 166 Å². The van der Waals surface area contributed by atoms with Crippen molar-refractivity contribution in [2.45, 2.75) is 50.9 Å². The Bertz CT molecular complexity index is 1020. The number of ether oxygens (including phenoxy) is 1. The van der Waals surface area contributed by atoms with Crippen LogP contribution < -0.4 is 5.32 Å². The molecule has 1 aliphatic carbocycles. The Hall–Kier alpha value is -2.43. The van der Waals surface area contributed by atoms with Gasteiger partial charge >= 0.3 is 0 Å². The SMILES string of the molecule is C=CCC1NC2=C(C)C(=N)C(C)(C)c3c2c(cc2ccccc32)C1C(O)OC. The number of allylic oxidation sites excluding steroid dienone is 1. The van der Waals surface area contributed by atoms with Gasteiger partial charge in [-0.2, -0.15) is 0 Å². The first-order chi connectivity index (χ1) is 13.3. The molecule has 3 atom stereocenters. The zero-order valence-corrected chi connectivity index (χ0v) is 17.0. The largest absolute Gasteiger partial charge is 0.380 e. The van der Waals surface area contributed by atoms with Gasteiger partial charge in [-0.15, -0.1) is 6.58 Å². The average molecular weight is 377 g/mol. The zero-order chi connectivity index (χ0) is 20.2. The van der Waals surface area contributed by atoms with Gasteiger partial charge in [-0.1, -0.05) is 44.2 Å².